The van der Waals surface area contributed by atoms with Gasteiger partial charge in [0.1, 0.15) is 16.9 Å². The van der Waals surface area contributed by atoms with Gasteiger partial charge in [0.25, 0.3) is 0 Å². The second kappa shape index (κ2) is 6.04. The molecule has 0 radical (unpaired) electrons. The second-order valence-corrected chi connectivity index (χ2v) is 9.48. The maximum atomic E-state index is 12.8. The molecule has 0 bridgehead atoms. The Kier molecular flexibility index (Phi) is 3.81. The summed E-state index contributed by atoms with van der Waals surface area (Å²) in [5, 5.41) is 9.34. The van der Waals surface area contributed by atoms with Crippen molar-refractivity contribution < 1.29 is 8.78 Å². The molecule has 1 aliphatic carbocycles. The lowest BCUT2D eigenvalue weighted by Crippen LogP contribution is -2.26. The number of halogens is 2. The van der Waals surface area contributed by atoms with E-state index >= 15 is 0 Å². The van der Waals surface area contributed by atoms with Crippen molar-refractivity contribution in [1.82, 2.24) is 29.4 Å². The largest absolute Gasteiger partial charge is 0.333 e. The van der Waals surface area contributed by atoms with Gasteiger partial charge in [-0.3, -0.25) is 0 Å². The zero-order chi connectivity index (χ0) is 19.6. The molecule has 0 spiro atoms. The maximum Gasteiger partial charge on any atom is 0.333 e. The van der Waals surface area contributed by atoms with Crippen LogP contribution in [-0.4, -0.2) is 29.4 Å². The molecule has 0 saturated carbocycles. The highest BCUT2D eigenvalue weighted by atomic mass is 32.1. The molecule has 0 amide bonds. The topological polar surface area (TPSA) is 60.9 Å². The van der Waals surface area contributed by atoms with E-state index in [9.17, 15) is 8.78 Å². The van der Waals surface area contributed by atoms with Crippen LogP contribution in [0.2, 0.25) is 0 Å². The van der Waals surface area contributed by atoms with Gasteiger partial charge in [0, 0.05) is 11.1 Å². The molecule has 4 aromatic heterocycles. The average molecular weight is 402 g/mol. The fourth-order valence-electron chi connectivity index (χ4n) is 3.99. The van der Waals surface area contributed by atoms with E-state index in [0.29, 0.717) is 22.1 Å². The quantitative estimate of drug-likeness (QED) is 0.486. The summed E-state index contributed by atoms with van der Waals surface area (Å²) >= 11 is 1.74. The molecular formula is C19H20F2N6S. The van der Waals surface area contributed by atoms with E-state index in [1.165, 1.54) is 22.7 Å². The summed E-state index contributed by atoms with van der Waals surface area (Å²) in [5.74, 6) is 0.979. The maximum absolute atomic E-state index is 12.8. The summed E-state index contributed by atoms with van der Waals surface area (Å²) in [6, 6.07) is 1.50. The van der Waals surface area contributed by atoms with Crippen LogP contribution in [0.1, 0.15) is 44.2 Å². The number of hydrogen-bond donors (Lipinski definition) is 0. The highest BCUT2D eigenvalue weighted by Gasteiger charge is 2.31. The third-order valence-corrected chi connectivity index (χ3v) is 6.81. The number of hydrogen-bond acceptors (Lipinski definition) is 5. The Labute approximate surface area is 164 Å². The van der Waals surface area contributed by atoms with Crippen LogP contribution in [0.25, 0.3) is 27.4 Å². The Hall–Kier alpha value is -2.42. The molecular weight excluding hydrogens is 382 g/mol. The Morgan fingerprint density at radius 2 is 2.07 bits per heavy atom. The van der Waals surface area contributed by atoms with Gasteiger partial charge in [-0.15, -0.1) is 16.4 Å². The highest BCUT2D eigenvalue weighted by Crippen LogP contribution is 2.43. The van der Waals surface area contributed by atoms with Crippen LogP contribution in [-0.2, 0) is 12.8 Å². The lowest BCUT2D eigenvalue weighted by molar-refractivity contribution is 0.0568. The van der Waals surface area contributed by atoms with Crippen molar-refractivity contribution in [3.05, 3.63) is 29.0 Å². The van der Waals surface area contributed by atoms with Gasteiger partial charge in [-0.2, -0.15) is 13.9 Å². The predicted octanol–water partition coefficient (Wildman–Crippen LogP) is 4.75. The molecule has 146 valence electrons. The number of aromatic nitrogens is 6. The van der Waals surface area contributed by atoms with Gasteiger partial charge in [0.05, 0.1) is 5.39 Å². The summed E-state index contributed by atoms with van der Waals surface area (Å²) in [6.07, 6.45) is 6.08. The van der Waals surface area contributed by atoms with Gasteiger partial charge in [-0.25, -0.2) is 19.2 Å². The van der Waals surface area contributed by atoms with Crippen molar-refractivity contribution >= 4 is 27.2 Å². The fraction of sp³-hybridized carbons (Fsp3) is 0.474. The van der Waals surface area contributed by atoms with Gasteiger partial charge in [-0.1, -0.05) is 20.8 Å². The summed E-state index contributed by atoms with van der Waals surface area (Å²) < 4.78 is 27.9. The van der Waals surface area contributed by atoms with Crippen LogP contribution in [0, 0.1) is 11.3 Å². The molecule has 6 nitrogen and oxygen atoms in total. The standard InChI is InChI=1S/C19H20F2N6S/c1-19(2,3)10-4-5-11-13(8-10)28-17-14(11)16-23-15(25-27(16)9-22-17)12-6-7-26(24-12)18(20)21/h6-7,9-10,18H,4-5,8H2,1-3H3/t10-/m0/s1. The Morgan fingerprint density at radius 3 is 2.79 bits per heavy atom. The van der Waals surface area contributed by atoms with Gasteiger partial charge in [-0.05, 0) is 42.2 Å². The minimum absolute atomic E-state index is 0.280. The van der Waals surface area contributed by atoms with Crippen LogP contribution in [0.3, 0.4) is 0 Å². The van der Waals surface area contributed by atoms with Crippen LogP contribution < -0.4 is 0 Å². The first-order chi connectivity index (χ1) is 13.3. The van der Waals surface area contributed by atoms with E-state index in [0.717, 1.165) is 35.1 Å². The molecule has 9 heteroatoms. The SMILES string of the molecule is CC(C)(C)[C@H]1CCc2c(sc3ncn4nc(-c5ccn(C(F)F)n5)nc4c23)C1. The normalized spacial score (nSPS) is 17.7. The molecule has 4 heterocycles. The summed E-state index contributed by atoms with van der Waals surface area (Å²) in [7, 11) is 0. The van der Waals surface area contributed by atoms with Crippen LogP contribution in [0.5, 0.6) is 0 Å². The average Bonchev–Trinajstić information content (AvgIpc) is 3.34. The zero-order valence-electron chi connectivity index (χ0n) is 15.9. The number of thiophene rings is 1. The first-order valence-corrected chi connectivity index (χ1v) is 10.1. The van der Waals surface area contributed by atoms with Crippen molar-refractivity contribution in [3.63, 3.8) is 0 Å². The van der Waals surface area contributed by atoms with Crippen molar-refractivity contribution in [3.8, 4) is 11.5 Å². The van der Waals surface area contributed by atoms with Crippen molar-refractivity contribution in [2.45, 2.75) is 46.6 Å². The molecule has 28 heavy (non-hydrogen) atoms. The fourth-order valence-corrected chi connectivity index (χ4v) is 5.25. The van der Waals surface area contributed by atoms with Crippen LogP contribution in [0.15, 0.2) is 18.6 Å². The van der Waals surface area contributed by atoms with E-state index in [1.807, 2.05) is 0 Å². The molecule has 1 atom stereocenters. The van der Waals surface area contributed by atoms with Crippen molar-refractivity contribution in [1.29, 1.82) is 0 Å². The third kappa shape index (κ3) is 2.71. The predicted molar refractivity (Wildman–Crippen MR) is 104 cm³/mol. The molecule has 0 unspecified atom stereocenters. The Balaban J connectivity index is 1.62. The summed E-state index contributed by atoms with van der Waals surface area (Å²) in [5.41, 5.74) is 2.64. The first kappa shape index (κ1) is 17.7. The van der Waals surface area contributed by atoms with E-state index in [-0.39, 0.29) is 5.41 Å². The van der Waals surface area contributed by atoms with Gasteiger partial charge in [0.15, 0.2) is 5.65 Å². The van der Waals surface area contributed by atoms with E-state index in [4.69, 9.17) is 0 Å². The number of rotatable bonds is 2. The smallest absolute Gasteiger partial charge is 0.225 e. The second-order valence-electron chi connectivity index (χ2n) is 8.40. The monoisotopic (exact) mass is 402 g/mol. The zero-order valence-corrected chi connectivity index (χ0v) is 16.7. The van der Waals surface area contributed by atoms with Gasteiger partial charge in [0.2, 0.25) is 5.82 Å². The van der Waals surface area contributed by atoms with Crippen molar-refractivity contribution in [2.75, 3.05) is 0 Å². The van der Waals surface area contributed by atoms with Crippen LogP contribution >= 0.6 is 11.3 Å². The molecule has 0 fully saturated rings. The Morgan fingerprint density at radius 1 is 1.25 bits per heavy atom. The van der Waals surface area contributed by atoms with E-state index in [2.05, 4.69) is 40.9 Å². The molecule has 0 aromatic carbocycles. The van der Waals surface area contributed by atoms with E-state index in [1.54, 1.807) is 22.2 Å². The van der Waals surface area contributed by atoms with E-state index < -0.39 is 6.55 Å². The minimum atomic E-state index is -2.68. The molecule has 0 N–H and O–H groups in total. The number of nitrogens with zero attached hydrogens (tertiary/aromatic N) is 6. The lowest BCUT2D eigenvalue weighted by atomic mass is 9.72. The molecule has 0 aliphatic heterocycles. The third-order valence-electron chi connectivity index (χ3n) is 5.65. The number of aryl methyl sites for hydroxylation is 1. The van der Waals surface area contributed by atoms with Gasteiger partial charge >= 0.3 is 6.55 Å². The summed E-state index contributed by atoms with van der Waals surface area (Å²) in [4.78, 5) is 11.5. The van der Waals surface area contributed by atoms with Gasteiger partial charge < -0.3 is 0 Å². The lowest BCUT2D eigenvalue weighted by Gasteiger charge is -2.33. The molecule has 1 aliphatic rings. The van der Waals surface area contributed by atoms with Crippen molar-refractivity contribution in [2.24, 2.45) is 11.3 Å². The number of alkyl halides is 2. The molecule has 0 saturated heterocycles. The Bertz CT molecular complexity index is 1180. The minimum Gasteiger partial charge on any atom is -0.225 e. The summed E-state index contributed by atoms with van der Waals surface area (Å²) in [6.45, 7) is 4.22. The first-order valence-electron chi connectivity index (χ1n) is 9.30. The molecule has 4 aromatic rings. The molecule has 5 rings (SSSR count). The van der Waals surface area contributed by atoms with Crippen LogP contribution in [0.4, 0.5) is 8.78 Å². The highest BCUT2D eigenvalue weighted by molar-refractivity contribution is 7.19. The number of fused-ring (bicyclic) bond motifs is 5.